The number of ether oxygens (including phenoxy) is 1. The zero-order valence-electron chi connectivity index (χ0n) is 10.2. The molecule has 3 heterocycles. The number of anilines is 2. The Balaban J connectivity index is 1.80. The highest BCUT2D eigenvalue weighted by Gasteiger charge is 2.40. The Bertz CT molecular complexity index is 448. The zero-order chi connectivity index (χ0) is 12.6. The molecule has 0 aliphatic carbocycles. The van der Waals surface area contributed by atoms with Gasteiger partial charge in [-0.2, -0.15) is 4.98 Å². The molecule has 1 spiro atoms. The monoisotopic (exact) mass is 268 g/mol. The first kappa shape index (κ1) is 12.0. The van der Waals surface area contributed by atoms with Crippen molar-refractivity contribution in [2.45, 2.75) is 19.3 Å². The lowest BCUT2D eigenvalue weighted by Crippen LogP contribution is -2.33. The van der Waals surface area contributed by atoms with Crippen LogP contribution in [0.3, 0.4) is 0 Å². The van der Waals surface area contributed by atoms with Crippen molar-refractivity contribution in [3.63, 3.8) is 0 Å². The first-order valence-corrected chi connectivity index (χ1v) is 6.67. The molecule has 3 rings (SSSR count). The summed E-state index contributed by atoms with van der Waals surface area (Å²) in [6.45, 7) is 3.72. The number of halogens is 1. The predicted molar refractivity (Wildman–Crippen MR) is 70.8 cm³/mol. The highest BCUT2D eigenvalue weighted by atomic mass is 35.5. The quantitative estimate of drug-likeness (QED) is 0.786. The molecule has 2 saturated heterocycles. The van der Waals surface area contributed by atoms with Gasteiger partial charge in [0.05, 0.1) is 11.9 Å². The van der Waals surface area contributed by atoms with Crippen LogP contribution >= 0.6 is 11.6 Å². The van der Waals surface area contributed by atoms with Crippen LogP contribution in [0.15, 0.2) is 6.20 Å². The topological polar surface area (TPSA) is 64.3 Å². The molecule has 2 aliphatic heterocycles. The van der Waals surface area contributed by atoms with Crippen LogP contribution in [0.25, 0.3) is 0 Å². The van der Waals surface area contributed by atoms with E-state index in [0.29, 0.717) is 11.1 Å². The van der Waals surface area contributed by atoms with E-state index in [1.165, 1.54) is 6.42 Å². The van der Waals surface area contributed by atoms with Gasteiger partial charge in [-0.05, 0) is 36.3 Å². The molecule has 1 aromatic rings. The number of nitrogen functional groups attached to an aromatic ring is 1. The van der Waals surface area contributed by atoms with Crippen molar-refractivity contribution in [2.75, 3.05) is 36.9 Å². The van der Waals surface area contributed by atoms with E-state index in [0.717, 1.165) is 45.0 Å². The number of hydrogen-bond donors (Lipinski definition) is 1. The van der Waals surface area contributed by atoms with Gasteiger partial charge in [0.2, 0.25) is 5.28 Å². The normalized spacial score (nSPS) is 22.6. The Morgan fingerprint density at radius 2 is 2.11 bits per heavy atom. The summed E-state index contributed by atoms with van der Waals surface area (Å²) in [5.74, 6) is 0.776. The second kappa shape index (κ2) is 4.55. The number of nitrogens with zero attached hydrogens (tertiary/aromatic N) is 3. The van der Waals surface area contributed by atoms with Gasteiger partial charge in [0.15, 0.2) is 5.82 Å². The molecule has 0 aromatic carbocycles. The second-order valence-corrected chi connectivity index (χ2v) is 5.54. The fourth-order valence-electron chi connectivity index (χ4n) is 2.94. The van der Waals surface area contributed by atoms with Crippen molar-refractivity contribution in [1.82, 2.24) is 9.97 Å². The summed E-state index contributed by atoms with van der Waals surface area (Å²) in [7, 11) is 0. The molecule has 98 valence electrons. The molecule has 0 unspecified atom stereocenters. The van der Waals surface area contributed by atoms with Crippen LogP contribution in [0.4, 0.5) is 11.5 Å². The van der Waals surface area contributed by atoms with E-state index in [-0.39, 0.29) is 5.28 Å². The highest BCUT2D eigenvalue weighted by Crippen LogP contribution is 2.41. The molecule has 0 saturated carbocycles. The Morgan fingerprint density at radius 3 is 2.89 bits per heavy atom. The van der Waals surface area contributed by atoms with Crippen LogP contribution in [-0.4, -0.2) is 36.3 Å². The lowest BCUT2D eigenvalue weighted by atomic mass is 9.80. The van der Waals surface area contributed by atoms with E-state index in [2.05, 4.69) is 14.9 Å². The Morgan fingerprint density at radius 1 is 1.33 bits per heavy atom. The first-order valence-electron chi connectivity index (χ1n) is 6.29. The minimum Gasteiger partial charge on any atom is -0.394 e. The van der Waals surface area contributed by atoms with Crippen LogP contribution in [0.2, 0.25) is 5.28 Å². The lowest BCUT2D eigenvalue weighted by Gasteiger charge is -2.33. The SMILES string of the molecule is Nc1cnc(Cl)nc1N1CCC2(CCOCC2)C1. The summed E-state index contributed by atoms with van der Waals surface area (Å²) < 4.78 is 5.45. The second-order valence-electron chi connectivity index (χ2n) is 5.20. The Kier molecular flexibility index (Phi) is 3.03. The average Bonchev–Trinajstić information content (AvgIpc) is 2.77. The van der Waals surface area contributed by atoms with Gasteiger partial charge in [-0.25, -0.2) is 4.98 Å². The van der Waals surface area contributed by atoms with Crippen LogP contribution < -0.4 is 10.6 Å². The van der Waals surface area contributed by atoms with Crippen molar-refractivity contribution >= 4 is 23.1 Å². The summed E-state index contributed by atoms with van der Waals surface area (Å²) in [5, 5.41) is 0.257. The smallest absolute Gasteiger partial charge is 0.224 e. The number of hydrogen-bond acceptors (Lipinski definition) is 5. The molecular formula is C12H17ClN4O. The Labute approximate surface area is 111 Å². The third-order valence-electron chi connectivity index (χ3n) is 4.06. The van der Waals surface area contributed by atoms with Gasteiger partial charge >= 0.3 is 0 Å². The molecule has 18 heavy (non-hydrogen) atoms. The van der Waals surface area contributed by atoms with Crippen LogP contribution in [0.5, 0.6) is 0 Å². The third-order valence-corrected chi connectivity index (χ3v) is 4.24. The van der Waals surface area contributed by atoms with Crippen LogP contribution in [0, 0.1) is 5.41 Å². The van der Waals surface area contributed by atoms with E-state index in [1.807, 2.05) is 0 Å². The molecule has 6 heteroatoms. The standard InChI is InChI=1S/C12H17ClN4O/c13-11-15-7-9(14)10(16-11)17-4-1-12(8-17)2-5-18-6-3-12/h7H,1-6,8,14H2. The zero-order valence-corrected chi connectivity index (χ0v) is 11.0. The minimum absolute atomic E-state index is 0.257. The van der Waals surface area contributed by atoms with E-state index >= 15 is 0 Å². The summed E-state index contributed by atoms with van der Waals surface area (Å²) in [5.41, 5.74) is 6.91. The molecular weight excluding hydrogens is 252 g/mol. The van der Waals surface area contributed by atoms with Crippen molar-refractivity contribution in [1.29, 1.82) is 0 Å². The first-order chi connectivity index (χ1) is 8.69. The fourth-order valence-corrected chi connectivity index (χ4v) is 3.07. The van der Waals surface area contributed by atoms with E-state index < -0.39 is 0 Å². The molecule has 0 bridgehead atoms. The molecule has 0 amide bonds. The molecule has 2 fully saturated rings. The van der Waals surface area contributed by atoms with E-state index in [4.69, 9.17) is 22.1 Å². The predicted octanol–water partition coefficient (Wildman–Crippen LogP) is 1.72. The Hall–Kier alpha value is -1.07. The molecule has 2 N–H and O–H groups in total. The van der Waals surface area contributed by atoms with Crippen LogP contribution in [-0.2, 0) is 4.74 Å². The maximum absolute atomic E-state index is 5.94. The maximum atomic E-state index is 5.94. The van der Waals surface area contributed by atoms with Gasteiger partial charge in [-0.3, -0.25) is 0 Å². The van der Waals surface area contributed by atoms with Gasteiger partial charge < -0.3 is 15.4 Å². The molecule has 0 radical (unpaired) electrons. The molecule has 5 nitrogen and oxygen atoms in total. The summed E-state index contributed by atoms with van der Waals surface area (Å²) in [6.07, 6.45) is 5.02. The summed E-state index contributed by atoms with van der Waals surface area (Å²) in [6, 6.07) is 0. The van der Waals surface area contributed by atoms with Crippen LogP contribution in [0.1, 0.15) is 19.3 Å². The number of aromatic nitrogens is 2. The van der Waals surface area contributed by atoms with Crippen molar-refractivity contribution in [3.05, 3.63) is 11.5 Å². The van der Waals surface area contributed by atoms with E-state index in [9.17, 15) is 0 Å². The fraction of sp³-hybridized carbons (Fsp3) is 0.667. The number of rotatable bonds is 1. The molecule has 1 aromatic heterocycles. The van der Waals surface area contributed by atoms with E-state index in [1.54, 1.807) is 6.20 Å². The third kappa shape index (κ3) is 2.12. The average molecular weight is 269 g/mol. The van der Waals surface area contributed by atoms with Crippen molar-refractivity contribution < 1.29 is 4.74 Å². The highest BCUT2D eigenvalue weighted by molar-refractivity contribution is 6.28. The lowest BCUT2D eigenvalue weighted by molar-refractivity contribution is 0.0254. The summed E-state index contributed by atoms with van der Waals surface area (Å²) >= 11 is 5.85. The van der Waals surface area contributed by atoms with Crippen molar-refractivity contribution in [2.24, 2.45) is 5.41 Å². The number of nitrogens with two attached hydrogens (primary N) is 1. The van der Waals surface area contributed by atoms with Gasteiger partial charge in [0.1, 0.15) is 0 Å². The van der Waals surface area contributed by atoms with Gasteiger partial charge in [-0.15, -0.1) is 0 Å². The van der Waals surface area contributed by atoms with Gasteiger partial charge in [0, 0.05) is 26.3 Å². The largest absolute Gasteiger partial charge is 0.394 e. The minimum atomic E-state index is 0.257. The van der Waals surface area contributed by atoms with Gasteiger partial charge in [0.25, 0.3) is 0 Å². The molecule has 2 aliphatic rings. The van der Waals surface area contributed by atoms with Crippen molar-refractivity contribution in [3.8, 4) is 0 Å². The maximum Gasteiger partial charge on any atom is 0.224 e. The van der Waals surface area contributed by atoms with Gasteiger partial charge in [-0.1, -0.05) is 0 Å². The summed E-state index contributed by atoms with van der Waals surface area (Å²) in [4.78, 5) is 10.4. The molecule has 0 atom stereocenters.